The quantitative estimate of drug-likeness (QED) is 0.709. The molecule has 1 heterocycles. The van der Waals surface area contributed by atoms with Crippen molar-refractivity contribution in [3.63, 3.8) is 0 Å². The number of halogens is 5. The lowest BCUT2D eigenvalue weighted by molar-refractivity contribution is -0.170. The number of alkyl halides is 4. The third-order valence-electron chi connectivity index (χ3n) is 2.86. The lowest BCUT2D eigenvalue weighted by Crippen LogP contribution is -2.34. The Labute approximate surface area is 128 Å². The second-order valence-electron chi connectivity index (χ2n) is 4.62. The van der Waals surface area contributed by atoms with Gasteiger partial charge in [-0.25, -0.2) is 8.78 Å². The molecule has 0 spiro atoms. The van der Waals surface area contributed by atoms with Crippen molar-refractivity contribution in [2.45, 2.75) is 38.2 Å². The molecule has 4 nitrogen and oxygen atoms in total. The molecular weight excluding hydrogens is 360 g/mol. The summed E-state index contributed by atoms with van der Waals surface area (Å²) < 4.78 is 55.9. The molecule has 1 rings (SSSR count). The fourth-order valence-electron chi connectivity index (χ4n) is 1.72. The molecule has 0 bridgehead atoms. The zero-order valence-corrected chi connectivity index (χ0v) is 13.2. The molecular formula is C12H17BrF4N2O2. The first-order valence-corrected chi connectivity index (χ1v) is 7.10. The molecule has 9 heteroatoms. The molecule has 21 heavy (non-hydrogen) atoms. The van der Waals surface area contributed by atoms with Crippen molar-refractivity contribution in [3.05, 3.63) is 15.9 Å². The van der Waals surface area contributed by atoms with E-state index in [9.17, 15) is 22.7 Å². The second-order valence-corrected chi connectivity index (χ2v) is 5.41. The minimum absolute atomic E-state index is 0.115. The molecule has 1 aromatic rings. The van der Waals surface area contributed by atoms with Gasteiger partial charge in [-0.15, -0.1) is 0 Å². The Morgan fingerprint density at radius 1 is 1.43 bits per heavy atom. The molecule has 122 valence electrons. The van der Waals surface area contributed by atoms with Crippen LogP contribution >= 0.6 is 15.9 Å². The molecule has 0 fully saturated rings. The molecule has 0 aliphatic heterocycles. The van der Waals surface area contributed by atoms with Gasteiger partial charge in [0.2, 0.25) is 0 Å². The lowest BCUT2D eigenvalue weighted by Gasteiger charge is -2.17. The highest BCUT2D eigenvalue weighted by Gasteiger charge is 2.41. The van der Waals surface area contributed by atoms with Gasteiger partial charge >= 0.3 is 12.3 Å². The summed E-state index contributed by atoms with van der Waals surface area (Å²) in [5.74, 6) is -4.21. The highest BCUT2D eigenvalue weighted by atomic mass is 79.9. The van der Waals surface area contributed by atoms with E-state index in [1.54, 1.807) is 11.7 Å². The van der Waals surface area contributed by atoms with Gasteiger partial charge in [0, 0.05) is 13.5 Å². The maximum atomic E-state index is 12.6. The minimum atomic E-state index is -4.21. The van der Waals surface area contributed by atoms with Gasteiger partial charge in [0.25, 0.3) is 0 Å². The third kappa shape index (κ3) is 4.93. The number of nitrogens with zero attached hydrogens (tertiary/aromatic N) is 2. The van der Waals surface area contributed by atoms with E-state index in [1.807, 2.05) is 6.92 Å². The van der Waals surface area contributed by atoms with Crippen LogP contribution in [0.1, 0.15) is 18.3 Å². The SMILES string of the molecule is CCc1nn(C)c(CC(O)COCC(F)(F)C(F)F)c1Br. The Balaban J connectivity index is 2.51. The van der Waals surface area contributed by atoms with E-state index in [2.05, 4.69) is 25.8 Å². The minimum Gasteiger partial charge on any atom is -0.390 e. The summed E-state index contributed by atoms with van der Waals surface area (Å²) in [4.78, 5) is 0. The van der Waals surface area contributed by atoms with Gasteiger partial charge in [-0.1, -0.05) is 6.92 Å². The molecule has 0 radical (unpaired) electrons. The standard InChI is InChI=1S/C12H17BrF4N2O2/c1-3-8-10(13)9(19(2)18-8)4-7(20)5-21-6-12(16,17)11(14)15/h7,11,20H,3-6H2,1-2H3. The molecule has 1 N–H and O–H groups in total. The molecule has 0 amide bonds. The Bertz CT molecular complexity index is 468. The van der Waals surface area contributed by atoms with Gasteiger partial charge < -0.3 is 9.84 Å². The molecule has 0 aromatic carbocycles. The van der Waals surface area contributed by atoms with Crippen molar-refractivity contribution < 1.29 is 27.4 Å². The van der Waals surface area contributed by atoms with E-state index < -0.39 is 31.7 Å². The smallest absolute Gasteiger partial charge is 0.330 e. The maximum absolute atomic E-state index is 12.6. The number of hydrogen-bond acceptors (Lipinski definition) is 3. The highest BCUT2D eigenvalue weighted by molar-refractivity contribution is 9.10. The van der Waals surface area contributed by atoms with Crippen LogP contribution in [0.5, 0.6) is 0 Å². The molecule has 0 aliphatic rings. The predicted octanol–water partition coefficient (Wildman–Crippen LogP) is 2.57. The first-order chi connectivity index (χ1) is 9.69. The zero-order valence-electron chi connectivity index (χ0n) is 11.6. The van der Waals surface area contributed by atoms with Gasteiger partial charge in [0.1, 0.15) is 6.61 Å². The number of aliphatic hydroxyl groups excluding tert-OH is 1. The van der Waals surface area contributed by atoms with Gasteiger partial charge in [-0.2, -0.15) is 13.9 Å². The van der Waals surface area contributed by atoms with Crippen LogP contribution in [0.25, 0.3) is 0 Å². The van der Waals surface area contributed by atoms with Crippen molar-refractivity contribution >= 4 is 15.9 Å². The largest absolute Gasteiger partial charge is 0.390 e. The fraction of sp³-hybridized carbons (Fsp3) is 0.750. The van der Waals surface area contributed by atoms with E-state index in [0.29, 0.717) is 12.1 Å². The Morgan fingerprint density at radius 2 is 2.05 bits per heavy atom. The average molecular weight is 377 g/mol. The van der Waals surface area contributed by atoms with E-state index in [1.165, 1.54) is 0 Å². The molecule has 1 atom stereocenters. The normalized spacial score (nSPS) is 14.0. The van der Waals surface area contributed by atoms with Crippen LogP contribution in [0.3, 0.4) is 0 Å². The first kappa shape index (κ1) is 18.4. The van der Waals surface area contributed by atoms with Gasteiger partial charge in [0.15, 0.2) is 0 Å². The van der Waals surface area contributed by atoms with Crippen molar-refractivity contribution in [2.75, 3.05) is 13.2 Å². The Hall–Kier alpha value is -0.670. The van der Waals surface area contributed by atoms with Crippen molar-refractivity contribution in [1.82, 2.24) is 9.78 Å². The van der Waals surface area contributed by atoms with Crippen LogP contribution in [0.2, 0.25) is 0 Å². The Morgan fingerprint density at radius 3 is 2.52 bits per heavy atom. The Kier molecular flexibility index (Phi) is 6.61. The summed E-state index contributed by atoms with van der Waals surface area (Å²) in [6.45, 7) is 0.0404. The van der Waals surface area contributed by atoms with E-state index in [-0.39, 0.29) is 6.42 Å². The second kappa shape index (κ2) is 7.55. The van der Waals surface area contributed by atoms with Crippen LogP contribution in [0.4, 0.5) is 17.6 Å². The lowest BCUT2D eigenvalue weighted by atomic mass is 10.2. The van der Waals surface area contributed by atoms with E-state index in [4.69, 9.17) is 0 Å². The first-order valence-electron chi connectivity index (χ1n) is 6.31. The van der Waals surface area contributed by atoms with Gasteiger partial charge in [-0.3, -0.25) is 4.68 Å². The van der Waals surface area contributed by atoms with Crippen LogP contribution in [0.15, 0.2) is 4.47 Å². The third-order valence-corrected chi connectivity index (χ3v) is 3.77. The topological polar surface area (TPSA) is 47.3 Å². The maximum Gasteiger partial charge on any atom is 0.330 e. The number of hydrogen-bond donors (Lipinski definition) is 1. The zero-order chi connectivity index (χ0) is 16.2. The molecule has 0 saturated carbocycles. The van der Waals surface area contributed by atoms with Crippen LogP contribution in [-0.2, 0) is 24.6 Å². The summed E-state index contributed by atoms with van der Waals surface area (Å²) in [7, 11) is 1.69. The fourth-order valence-corrected chi connectivity index (χ4v) is 2.50. The van der Waals surface area contributed by atoms with E-state index in [0.717, 1.165) is 10.2 Å². The number of aryl methyl sites for hydroxylation is 2. The molecule has 0 aliphatic carbocycles. The van der Waals surface area contributed by atoms with Crippen LogP contribution in [0, 0.1) is 0 Å². The monoisotopic (exact) mass is 376 g/mol. The van der Waals surface area contributed by atoms with Crippen molar-refractivity contribution in [3.8, 4) is 0 Å². The number of aliphatic hydroxyl groups is 1. The summed E-state index contributed by atoms with van der Waals surface area (Å²) in [5.41, 5.74) is 1.49. The van der Waals surface area contributed by atoms with Crippen LogP contribution in [-0.4, -0.2) is 46.6 Å². The number of ether oxygens (including phenoxy) is 1. The molecule has 1 aromatic heterocycles. The van der Waals surface area contributed by atoms with E-state index >= 15 is 0 Å². The molecule has 1 unspecified atom stereocenters. The number of aromatic nitrogens is 2. The van der Waals surface area contributed by atoms with Crippen molar-refractivity contribution in [2.24, 2.45) is 7.05 Å². The summed E-state index contributed by atoms with van der Waals surface area (Å²) in [5, 5.41) is 14.0. The van der Waals surface area contributed by atoms with Crippen LogP contribution < -0.4 is 0 Å². The average Bonchev–Trinajstić information content (AvgIpc) is 2.65. The van der Waals surface area contributed by atoms with Gasteiger partial charge in [0.05, 0.1) is 28.6 Å². The van der Waals surface area contributed by atoms with Crippen molar-refractivity contribution in [1.29, 1.82) is 0 Å². The summed E-state index contributed by atoms with van der Waals surface area (Å²) in [6, 6.07) is 0. The van der Waals surface area contributed by atoms with Gasteiger partial charge in [-0.05, 0) is 22.4 Å². The predicted molar refractivity (Wildman–Crippen MR) is 71.8 cm³/mol. The highest BCUT2D eigenvalue weighted by Crippen LogP contribution is 2.24. The summed E-state index contributed by atoms with van der Waals surface area (Å²) >= 11 is 3.36. The summed E-state index contributed by atoms with van der Waals surface area (Å²) in [6.07, 6.45) is -4.06. The molecule has 0 saturated heterocycles. The number of rotatable bonds is 8.